The minimum Gasteiger partial charge on any atom is -0.398 e. The topological polar surface area (TPSA) is 97.0 Å². The molecule has 0 radical (unpaired) electrons. The number of nitrogens with one attached hydrogen (secondary N) is 1. The van der Waals surface area contributed by atoms with Crippen molar-refractivity contribution in [2.75, 3.05) is 23.0 Å². The number of nitrogens with two attached hydrogens (primary N) is 2. The summed E-state index contributed by atoms with van der Waals surface area (Å²) in [5.74, 6) is 6.83. The van der Waals surface area contributed by atoms with Crippen molar-refractivity contribution in [3.8, 4) is 0 Å². The molecule has 0 unspecified atom stereocenters. The van der Waals surface area contributed by atoms with E-state index in [9.17, 15) is 0 Å². The van der Waals surface area contributed by atoms with Gasteiger partial charge in [-0.25, -0.2) is 9.66 Å². The van der Waals surface area contributed by atoms with Crippen LogP contribution in [0.25, 0.3) is 0 Å². The van der Waals surface area contributed by atoms with E-state index in [1.165, 1.54) is 6.21 Å². The highest BCUT2D eigenvalue weighted by Gasteiger charge is 2.24. The van der Waals surface area contributed by atoms with Gasteiger partial charge in [-0.2, -0.15) is 0 Å². The van der Waals surface area contributed by atoms with Crippen molar-refractivity contribution in [2.45, 2.75) is 19.9 Å². The van der Waals surface area contributed by atoms with E-state index in [0.29, 0.717) is 22.8 Å². The highest BCUT2D eigenvalue weighted by molar-refractivity contribution is 6.31. The normalized spacial score (nSPS) is 14.1. The van der Waals surface area contributed by atoms with Crippen molar-refractivity contribution in [3.63, 3.8) is 0 Å². The van der Waals surface area contributed by atoms with Gasteiger partial charge < -0.3 is 21.9 Å². The lowest BCUT2D eigenvalue weighted by Crippen LogP contribution is -2.33. The average Bonchev–Trinajstić information content (AvgIpc) is 2.73. The number of benzene rings is 1. The monoisotopic (exact) mass is 304 g/mol. The van der Waals surface area contributed by atoms with Crippen LogP contribution in [-0.2, 0) is 13.0 Å². The Labute approximate surface area is 127 Å². The van der Waals surface area contributed by atoms with Crippen molar-refractivity contribution in [1.82, 2.24) is 9.66 Å². The summed E-state index contributed by atoms with van der Waals surface area (Å²) in [6.45, 7) is 3.32. The zero-order valence-electron chi connectivity index (χ0n) is 11.7. The summed E-state index contributed by atoms with van der Waals surface area (Å²) in [7, 11) is 0. The van der Waals surface area contributed by atoms with Gasteiger partial charge in [0.25, 0.3) is 0 Å². The van der Waals surface area contributed by atoms with Gasteiger partial charge in [0.15, 0.2) is 0 Å². The molecule has 2 aromatic rings. The van der Waals surface area contributed by atoms with Crippen molar-refractivity contribution >= 4 is 29.2 Å². The number of rotatable bonds is 2. The molecular formula is C14H17ClN6. The van der Waals surface area contributed by atoms with Crippen LogP contribution >= 0.6 is 11.6 Å². The molecule has 1 aliphatic heterocycles. The molecule has 3 rings (SSSR count). The first-order chi connectivity index (χ1) is 10.0. The number of halogens is 1. The summed E-state index contributed by atoms with van der Waals surface area (Å²) in [4.78, 5) is 6.61. The molecule has 1 aliphatic rings. The number of aromatic nitrogens is 2. The second-order valence-corrected chi connectivity index (χ2v) is 5.60. The van der Waals surface area contributed by atoms with E-state index in [1.807, 2.05) is 13.0 Å². The Morgan fingerprint density at radius 1 is 1.43 bits per heavy atom. The fraction of sp³-hybridized carbons (Fsp3) is 0.286. The fourth-order valence-corrected chi connectivity index (χ4v) is 2.99. The zero-order valence-corrected chi connectivity index (χ0v) is 12.5. The molecule has 6 nitrogen and oxygen atoms in total. The number of hydrogen-bond donors (Lipinski definition) is 3. The maximum Gasteiger partial charge on any atom is 0.124 e. The Morgan fingerprint density at radius 2 is 2.19 bits per heavy atom. The lowest BCUT2D eigenvalue weighted by molar-refractivity contribution is 0.688. The van der Waals surface area contributed by atoms with Crippen molar-refractivity contribution < 1.29 is 0 Å². The predicted molar refractivity (Wildman–Crippen MR) is 85.6 cm³/mol. The van der Waals surface area contributed by atoms with Gasteiger partial charge in [-0.15, -0.1) is 0 Å². The lowest BCUT2D eigenvalue weighted by Gasteiger charge is -2.30. The number of aryl methyl sites for hydroxylation is 1. The molecule has 0 saturated heterocycles. The minimum atomic E-state index is 0.510. The average molecular weight is 305 g/mol. The maximum atomic E-state index is 7.59. The molecule has 5 N–H and O–H groups in total. The lowest BCUT2D eigenvalue weighted by atomic mass is 10.1. The van der Waals surface area contributed by atoms with Crippen molar-refractivity contribution in [2.24, 2.45) is 0 Å². The first-order valence-electron chi connectivity index (χ1n) is 6.68. The predicted octanol–water partition coefficient (Wildman–Crippen LogP) is 1.70. The Balaban J connectivity index is 2.03. The van der Waals surface area contributed by atoms with E-state index in [0.717, 1.165) is 35.9 Å². The molecule has 7 heteroatoms. The van der Waals surface area contributed by atoms with Gasteiger partial charge in [0.2, 0.25) is 0 Å². The molecule has 0 atom stereocenters. The maximum absolute atomic E-state index is 7.59. The summed E-state index contributed by atoms with van der Waals surface area (Å²) in [5, 5.41) is 8.15. The molecular weight excluding hydrogens is 288 g/mol. The molecule has 1 aromatic heterocycles. The van der Waals surface area contributed by atoms with E-state index < -0.39 is 0 Å². The molecule has 1 aromatic carbocycles. The fourth-order valence-electron chi connectivity index (χ4n) is 2.77. The third kappa shape index (κ3) is 2.21. The van der Waals surface area contributed by atoms with E-state index in [2.05, 4.69) is 9.88 Å². The van der Waals surface area contributed by atoms with Crippen molar-refractivity contribution in [3.05, 3.63) is 39.9 Å². The molecule has 0 saturated carbocycles. The SMILES string of the molecule is Cc1nc2c(n1N)CN(c1cc(Cl)cc(N)c1C=N)CC2. The van der Waals surface area contributed by atoms with Crippen LogP contribution in [0, 0.1) is 12.3 Å². The number of imidazole rings is 1. The van der Waals surface area contributed by atoms with E-state index in [1.54, 1.807) is 10.7 Å². The van der Waals surface area contributed by atoms with Crippen LogP contribution < -0.4 is 16.5 Å². The minimum absolute atomic E-state index is 0.510. The van der Waals surface area contributed by atoms with Crippen molar-refractivity contribution in [1.29, 1.82) is 5.41 Å². The number of nitrogens with zero attached hydrogens (tertiary/aromatic N) is 3. The van der Waals surface area contributed by atoms with E-state index in [-0.39, 0.29) is 0 Å². The molecule has 2 heterocycles. The van der Waals surface area contributed by atoms with Gasteiger partial charge >= 0.3 is 0 Å². The number of nitrogen functional groups attached to an aromatic ring is 2. The smallest absolute Gasteiger partial charge is 0.124 e. The standard InChI is InChI=1S/C14H17ClN6/c1-8-19-12-2-3-20(7-14(12)21(8)18)13-5-9(15)4-11(17)10(13)6-16/h4-6,16H,2-3,7,17-18H2,1H3. The van der Waals surface area contributed by atoms with Gasteiger partial charge in [-0.05, 0) is 19.1 Å². The Bertz CT molecular complexity index is 721. The summed E-state index contributed by atoms with van der Waals surface area (Å²) < 4.78 is 1.62. The van der Waals surface area contributed by atoms with Gasteiger partial charge in [0.1, 0.15) is 5.82 Å². The van der Waals surface area contributed by atoms with Gasteiger partial charge in [-0.3, -0.25) is 0 Å². The third-order valence-corrected chi connectivity index (χ3v) is 4.09. The molecule has 0 spiro atoms. The van der Waals surface area contributed by atoms with E-state index in [4.69, 9.17) is 28.6 Å². The Morgan fingerprint density at radius 3 is 2.90 bits per heavy atom. The zero-order chi connectivity index (χ0) is 15.1. The number of hydrogen-bond acceptors (Lipinski definition) is 5. The van der Waals surface area contributed by atoms with Crippen LogP contribution in [0.1, 0.15) is 22.8 Å². The largest absolute Gasteiger partial charge is 0.398 e. The molecule has 0 fully saturated rings. The summed E-state index contributed by atoms with van der Waals surface area (Å²) >= 11 is 6.11. The quantitative estimate of drug-likeness (QED) is 0.447. The Kier molecular flexibility index (Phi) is 3.25. The highest BCUT2D eigenvalue weighted by atomic mass is 35.5. The van der Waals surface area contributed by atoms with Gasteiger partial charge in [-0.1, -0.05) is 11.6 Å². The molecule has 0 amide bonds. The van der Waals surface area contributed by atoms with Crippen LogP contribution in [0.4, 0.5) is 11.4 Å². The number of anilines is 2. The molecule has 110 valence electrons. The Hall–Kier alpha value is -2.21. The summed E-state index contributed by atoms with van der Waals surface area (Å²) in [6, 6.07) is 3.51. The van der Waals surface area contributed by atoms with Gasteiger partial charge in [0.05, 0.1) is 17.9 Å². The third-order valence-electron chi connectivity index (χ3n) is 3.87. The van der Waals surface area contributed by atoms with Crippen LogP contribution in [-0.4, -0.2) is 22.4 Å². The van der Waals surface area contributed by atoms with Gasteiger partial charge in [0, 0.05) is 41.1 Å². The van der Waals surface area contributed by atoms with Crippen LogP contribution in [0.2, 0.25) is 5.02 Å². The van der Waals surface area contributed by atoms with Crippen LogP contribution in [0.5, 0.6) is 0 Å². The molecule has 21 heavy (non-hydrogen) atoms. The molecule has 0 bridgehead atoms. The summed E-state index contributed by atoms with van der Waals surface area (Å²) in [6.07, 6.45) is 2.08. The van der Waals surface area contributed by atoms with Crippen LogP contribution in [0.3, 0.4) is 0 Å². The second-order valence-electron chi connectivity index (χ2n) is 5.17. The highest BCUT2D eigenvalue weighted by Crippen LogP contribution is 2.32. The first-order valence-corrected chi connectivity index (χ1v) is 7.05. The second kappa shape index (κ2) is 4.96. The first kappa shape index (κ1) is 13.8. The van der Waals surface area contributed by atoms with E-state index >= 15 is 0 Å². The number of fused-ring (bicyclic) bond motifs is 1. The summed E-state index contributed by atoms with van der Waals surface area (Å²) in [5.41, 5.74) is 10.1. The van der Waals surface area contributed by atoms with Crippen LogP contribution in [0.15, 0.2) is 12.1 Å². The molecule has 0 aliphatic carbocycles.